The summed E-state index contributed by atoms with van der Waals surface area (Å²) in [5.74, 6) is -0.102. The first-order valence-electron chi connectivity index (χ1n) is 12.5. The zero-order valence-electron chi connectivity index (χ0n) is 22.7. The van der Waals surface area contributed by atoms with Crippen molar-refractivity contribution < 1.29 is 4.79 Å². The number of benzene rings is 3. The topological polar surface area (TPSA) is 78.9 Å². The molecular formula is C32H41N3O. The average molecular weight is 484 g/mol. The standard InChI is InChI=1S/C27H28N2O.C3H8.C2H5N/c1-18-7-5-6-8-25(18)26-16-22(11-9-19(26)2)12-10-20(3)27(30)29-24-14-13-23(17-28)21(4)15-24;1-3-2;1-2-3/h5-9,11,13-16,20H,10,12H2,1-4H3,(H,29,30);3H2,1-2H3;2H,1,3H2. The lowest BCUT2D eigenvalue weighted by Gasteiger charge is -2.15. The smallest absolute Gasteiger partial charge is 0.227 e. The van der Waals surface area contributed by atoms with E-state index < -0.39 is 0 Å². The van der Waals surface area contributed by atoms with Crippen LogP contribution in [0.3, 0.4) is 0 Å². The van der Waals surface area contributed by atoms with Gasteiger partial charge < -0.3 is 11.1 Å². The summed E-state index contributed by atoms with van der Waals surface area (Å²) < 4.78 is 0. The molecule has 0 saturated carbocycles. The lowest BCUT2D eigenvalue weighted by atomic mass is 9.92. The van der Waals surface area contributed by atoms with Crippen LogP contribution in [0.1, 0.15) is 61.4 Å². The number of amides is 1. The third-order valence-electron chi connectivity index (χ3n) is 5.67. The molecule has 1 unspecified atom stereocenters. The summed E-state index contributed by atoms with van der Waals surface area (Å²) >= 11 is 0. The van der Waals surface area contributed by atoms with Gasteiger partial charge in [-0.15, -0.1) is 0 Å². The Morgan fingerprint density at radius 2 is 1.61 bits per heavy atom. The van der Waals surface area contributed by atoms with Gasteiger partial charge in [0, 0.05) is 11.6 Å². The first kappa shape index (κ1) is 30.2. The van der Waals surface area contributed by atoms with Gasteiger partial charge in [0.15, 0.2) is 0 Å². The Balaban J connectivity index is 0.000000982. The molecule has 0 aliphatic rings. The monoisotopic (exact) mass is 483 g/mol. The summed E-state index contributed by atoms with van der Waals surface area (Å²) in [4.78, 5) is 12.6. The van der Waals surface area contributed by atoms with Crippen molar-refractivity contribution in [3.8, 4) is 17.2 Å². The number of hydrogen-bond donors (Lipinski definition) is 2. The van der Waals surface area contributed by atoms with Crippen LogP contribution >= 0.6 is 0 Å². The predicted octanol–water partition coefficient (Wildman–Crippen LogP) is 7.86. The van der Waals surface area contributed by atoms with Gasteiger partial charge in [-0.3, -0.25) is 4.79 Å². The van der Waals surface area contributed by atoms with Crippen molar-refractivity contribution >= 4 is 11.6 Å². The van der Waals surface area contributed by atoms with Crippen LogP contribution in [0.15, 0.2) is 73.4 Å². The van der Waals surface area contributed by atoms with Crippen LogP contribution < -0.4 is 11.1 Å². The Labute approximate surface area is 217 Å². The van der Waals surface area contributed by atoms with E-state index in [4.69, 9.17) is 5.26 Å². The highest BCUT2D eigenvalue weighted by molar-refractivity contribution is 5.92. The fourth-order valence-electron chi connectivity index (χ4n) is 3.64. The highest BCUT2D eigenvalue weighted by atomic mass is 16.1. The summed E-state index contributed by atoms with van der Waals surface area (Å²) in [6.07, 6.45) is 4.12. The minimum Gasteiger partial charge on any atom is -0.405 e. The molecule has 3 aromatic carbocycles. The van der Waals surface area contributed by atoms with Crippen molar-refractivity contribution in [1.82, 2.24) is 0 Å². The molecule has 0 aliphatic carbocycles. The maximum Gasteiger partial charge on any atom is 0.227 e. The number of nitriles is 1. The maximum absolute atomic E-state index is 12.6. The van der Waals surface area contributed by atoms with Crippen LogP contribution in [0.5, 0.6) is 0 Å². The molecule has 3 rings (SSSR count). The molecular weight excluding hydrogens is 442 g/mol. The summed E-state index contributed by atoms with van der Waals surface area (Å²) in [6.45, 7) is 15.5. The molecule has 3 N–H and O–H groups in total. The van der Waals surface area contributed by atoms with Gasteiger partial charge in [0.25, 0.3) is 0 Å². The molecule has 3 aromatic rings. The molecule has 0 saturated heterocycles. The molecule has 0 radical (unpaired) electrons. The van der Waals surface area contributed by atoms with Crippen LogP contribution in [0, 0.1) is 38.0 Å². The van der Waals surface area contributed by atoms with E-state index in [0.717, 1.165) is 24.1 Å². The lowest BCUT2D eigenvalue weighted by molar-refractivity contribution is -0.119. The number of carbonyl (C=O) groups excluding carboxylic acids is 1. The number of nitrogens with one attached hydrogen (secondary N) is 1. The quantitative estimate of drug-likeness (QED) is 0.374. The highest BCUT2D eigenvalue weighted by Crippen LogP contribution is 2.28. The molecule has 1 atom stereocenters. The Hall–Kier alpha value is -3.84. The summed E-state index contributed by atoms with van der Waals surface area (Å²) in [6, 6.07) is 22.5. The Morgan fingerprint density at radius 1 is 1.00 bits per heavy atom. The fraction of sp³-hybridized carbons (Fsp3) is 0.312. The average Bonchev–Trinajstić information content (AvgIpc) is 2.85. The largest absolute Gasteiger partial charge is 0.405 e. The van der Waals surface area contributed by atoms with Crippen molar-refractivity contribution in [2.75, 3.05) is 5.32 Å². The molecule has 4 heteroatoms. The second kappa shape index (κ2) is 15.9. The minimum atomic E-state index is -0.107. The maximum atomic E-state index is 12.6. The molecule has 0 aliphatic heterocycles. The van der Waals surface area contributed by atoms with Crippen molar-refractivity contribution in [3.05, 3.63) is 101 Å². The number of aryl methyl sites for hydroxylation is 4. The van der Waals surface area contributed by atoms with Gasteiger partial charge in [0.2, 0.25) is 5.91 Å². The van der Waals surface area contributed by atoms with Crippen LogP contribution in [-0.4, -0.2) is 5.91 Å². The highest BCUT2D eigenvalue weighted by Gasteiger charge is 2.14. The predicted molar refractivity (Wildman–Crippen MR) is 154 cm³/mol. The summed E-state index contributed by atoms with van der Waals surface area (Å²) in [7, 11) is 0. The van der Waals surface area contributed by atoms with Gasteiger partial charge in [-0.05, 0) is 91.4 Å². The molecule has 190 valence electrons. The Bertz CT molecular complexity index is 1170. The van der Waals surface area contributed by atoms with E-state index in [1.165, 1.54) is 40.4 Å². The van der Waals surface area contributed by atoms with Gasteiger partial charge in [-0.25, -0.2) is 0 Å². The minimum absolute atomic E-state index is 0.00495. The van der Waals surface area contributed by atoms with Gasteiger partial charge in [0.1, 0.15) is 0 Å². The number of nitrogens with two attached hydrogens (primary N) is 1. The van der Waals surface area contributed by atoms with Crippen LogP contribution in [0.2, 0.25) is 0 Å². The zero-order valence-corrected chi connectivity index (χ0v) is 22.7. The van der Waals surface area contributed by atoms with Gasteiger partial charge in [0.05, 0.1) is 11.6 Å². The summed E-state index contributed by atoms with van der Waals surface area (Å²) in [5, 5.41) is 12.0. The molecule has 0 aromatic heterocycles. The van der Waals surface area contributed by atoms with E-state index in [9.17, 15) is 4.79 Å². The van der Waals surface area contributed by atoms with E-state index in [1.807, 2.05) is 19.9 Å². The van der Waals surface area contributed by atoms with Gasteiger partial charge in [-0.2, -0.15) is 5.26 Å². The third-order valence-corrected chi connectivity index (χ3v) is 5.67. The van der Waals surface area contributed by atoms with E-state index in [-0.39, 0.29) is 11.8 Å². The normalized spacial score (nSPS) is 10.5. The first-order chi connectivity index (χ1) is 17.2. The second-order valence-corrected chi connectivity index (χ2v) is 8.98. The summed E-state index contributed by atoms with van der Waals surface area (Å²) in [5.41, 5.74) is 13.1. The third kappa shape index (κ3) is 9.43. The molecule has 0 bridgehead atoms. The molecule has 1 amide bonds. The molecule has 36 heavy (non-hydrogen) atoms. The molecule has 0 spiro atoms. The number of nitrogens with zero attached hydrogens (tertiary/aromatic N) is 1. The number of rotatable bonds is 6. The molecule has 0 heterocycles. The Morgan fingerprint density at radius 3 is 2.19 bits per heavy atom. The van der Waals surface area contributed by atoms with Crippen molar-refractivity contribution in [2.24, 2.45) is 11.7 Å². The van der Waals surface area contributed by atoms with E-state index in [1.54, 1.807) is 12.1 Å². The molecule has 4 nitrogen and oxygen atoms in total. The van der Waals surface area contributed by atoms with E-state index >= 15 is 0 Å². The van der Waals surface area contributed by atoms with E-state index in [2.05, 4.69) is 93.9 Å². The SMILES string of the molecule is C=CN.CCC.Cc1cc(NC(=O)C(C)CCc2ccc(C)c(-c3ccccc3C)c2)ccc1C#N. The van der Waals surface area contributed by atoms with Gasteiger partial charge in [-0.1, -0.05) is 76.2 Å². The van der Waals surface area contributed by atoms with Crippen LogP contribution in [0.25, 0.3) is 11.1 Å². The molecule has 0 fully saturated rings. The van der Waals surface area contributed by atoms with Crippen LogP contribution in [0.4, 0.5) is 5.69 Å². The van der Waals surface area contributed by atoms with Crippen molar-refractivity contribution in [3.63, 3.8) is 0 Å². The van der Waals surface area contributed by atoms with E-state index in [0.29, 0.717) is 5.56 Å². The fourth-order valence-corrected chi connectivity index (χ4v) is 3.64. The zero-order chi connectivity index (χ0) is 27.1. The first-order valence-corrected chi connectivity index (χ1v) is 12.5. The lowest BCUT2D eigenvalue weighted by Crippen LogP contribution is -2.21. The van der Waals surface area contributed by atoms with Gasteiger partial charge >= 0.3 is 0 Å². The number of carbonyl (C=O) groups is 1. The second-order valence-electron chi connectivity index (χ2n) is 8.98. The van der Waals surface area contributed by atoms with Crippen molar-refractivity contribution in [1.29, 1.82) is 5.26 Å². The number of anilines is 1. The van der Waals surface area contributed by atoms with Crippen LogP contribution in [-0.2, 0) is 11.2 Å². The Kier molecular flexibility index (Phi) is 13.4. The van der Waals surface area contributed by atoms with Crippen molar-refractivity contribution in [2.45, 2.75) is 60.8 Å². The number of hydrogen-bond acceptors (Lipinski definition) is 3.